The van der Waals surface area contributed by atoms with Gasteiger partial charge in [-0.3, -0.25) is 9.39 Å². The molecule has 1 aromatic carbocycles. The van der Waals surface area contributed by atoms with Crippen LogP contribution in [0.25, 0.3) is 16.6 Å². The molecule has 0 aliphatic rings. The number of aryl methyl sites for hydroxylation is 1. The Morgan fingerprint density at radius 1 is 1.00 bits per heavy atom. The molecule has 0 unspecified atom stereocenters. The van der Waals surface area contributed by atoms with Crippen molar-refractivity contribution in [2.24, 2.45) is 4.99 Å². The summed E-state index contributed by atoms with van der Waals surface area (Å²) in [6.07, 6.45) is 5.92. The second-order valence-corrected chi connectivity index (χ2v) is 6.90. The van der Waals surface area contributed by atoms with Gasteiger partial charge in [-0.25, -0.2) is 0 Å². The van der Waals surface area contributed by atoms with Gasteiger partial charge in [0.2, 0.25) is 0 Å². The summed E-state index contributed by atoms with van der Waals surface area (Å²) >= 11 is 0. The normalized spacial score (nSPS) is 11.6. The average molecular weight is 517 g/mol. The van der Waals surface area contributed by atoms with Gasteiger partial charge in [-0.15, -0.1) is 34.2 Å². The van der Waals surface area contributed by atoms with Crippen molar-refractivity contribution in [3.63, 3.8) is 0 Å². The maximum atomic E-state index is 4.71. The lowest BCUT2D eigenvalue weighted by Gasteiger charge is -2.11. The van der Waals surface area contributed by atoms with E-state index in [1.54, 1.807) is 0 Å². The lowest BCUT2D eigenvalue weighted by atomic mass is 10.2. The largest absolute Gasteiger partial charge is 0.357 e. The minimum absolute atomic E-state index is 0. The molecule has 0 atom stereocenters. The summed E-state index contributed by atoms with van der Waals surface area (Å²) in [4.78, 5) is 4.71. The Kier molecular flexibility index (Phi) is 8.06. The molecule has 30 heavy (non-hydrogen) atoms. The quantitative estimate of drug-likeness (QED) is 0.163. The fourth-order valence-corrected chi connectivity index (χ4v) is 3.46. The summed E-state index contributed by atoms with van der Waals surface area (Å²) in [7, 11) is 0. The van der Waals surface area contributed by atoms with E-state index in [9.17, 15) is 0 Å². The van der Waals surface area contributed by atoms with E-state index in [0.717, 1.165) is 56.5 Å². The molecule has 0 saturated carbocycles. The Bertz CT molecular complexity index is 1100. The first-order chi connectivity index (χ1) is 14.3. The summed E-state index contributed by atoms with van der Waals surface area (Å²) in [6, 6.07) is 16.6. The van der Waals surface area contributed by atoms with Gasteiger partial charge in [-0.1, -0.05) is 24.3 Å². The number of guanidine groups is 1. The number of benzene rings is 1. The summed E-state index contributed by atoms with van der Waals surface area (Å²) in [5, 5.41) is 16.5. The standard InChI is InChI=1S/C22H27N7.HI/c1-2-23-22(25-14-11-21-27-26-20-10-5-6-16-29(20)21)24-13-7-15-28-17-12-18-8-3-4-9-19(18)28;/h3-6,8-10,12,16-17H,2,7,11,13-15H2,1H3,(H2,23,24,25);1H. The van der Waals surface area contributed by atoms with Gasteiger partial charge in [-0.2, -0.15) is 0 Å². The van der Waals surface area contributed by atoms with Gasteiger partial charge < -0.3 is 15.2 Å². The van der Waals surface area contributed by atoms with Crippen molar-refractivity contribution in [1.82, 2.24) is 29.8 Å². The summed E-state index contributed by atoms with van der Waals surface area (Å²) in [6.45, 7) is 5.40. The Morgan fingerprint density at radius 3 is 2.77 bits per heavy atom. The maximum Gasteiger partial charge on any atom is 0.191 e. The summed E-state index contributed by atoms with van der Waals surface area (Å²) in [5.41, 5.74) is 2.16. The van der Waals surface area contributed by atoms with Gasteiger partial charge in [0, 0.05) is 50.5 Å². The van der Waals surface area contributed by atoms with Crippen LogP contribution in [0.15, 0.2) is 65.9 Å². The van der Waals surface area contributed by atoms with Crippen LogP contribution in [-0.2, 0) is 13.0 Å². The highest BCUT2D eigenvalue weighted by Gasteiger charge is 2.05. The van der Waals surface area contributed by atoms with Gasteiger partial charge in [0.05, 0.1) is 0 Å². The molecule has 3 heterocycles. The van der Waals surface area contributed by atoms with Crippen LogP contribution in [0.3, 0.4) is 0 Å². The summed E-state index contributed by atoms with van der Waals surface area (Å²) < 4.78 is 4.31. The topological polar surface area (TPSA) is 71.5 Å². The number of halogens is 1. The van der Waals surface area contributed by atoms with E-state index in [0.29, 0.717) is 0 Å². The van der Waals surface area contributed by atoms with Gasteiger partial charge in [-0.05, 0) is 43.0 Å². The molecule has 0 aliphatic heterocycles. The number of nitrogens with one attached hydrogen (secondary N) is 2. The average Bonchev–Trinajstić information content (AvgIpc) is 3.35. The fraction of sp³-hybridized carbons (Fsp3) is 0.318. The molecule has 2 N–H and O–H groups in total. The SMILES string of the molecule is CCNC(=NCCCn1ccc2ccccc21)NCCc1nnc2ccccn12.I. The summed E-state index contributed by atoms with van der Waals surface area (Å²) in [5.74, 6) is 1.79. The molecule has 4 rings (SSSR count). The predicted molar refractivity (Wildman–Crippen MR) is 133 cm³/mol. The Balaban J connectivity index is 0.00000256. The van der Waals surface area contributed by atoms with Crippen molar-refractivity contribution in [2.45, 2.75) is 26.3 Å². The molecule has 4 aromatic rings. The third-order valence-corrected chi connectivity index (χ3v) is 4.88. The predicted octanol–water partition coefficient (Wildman–Crippen LogP) is 3.49. The number of fused-ring (bicyclic) bond motifs is 2. The molecular formula is C22H28IN7. The first kappa shape index (κ1) is 22.1. The number of aromatic nitrogens is 4. The van der Waals surface area contributed by atoms with Gasteiger partial charge in [0.15, 0.2) is 11.6 Å². The smallest absolute Gasteiger partial charge is 0.191 e. The van der Waals surface area contributed by atoms with Gasteiger partial charge >= 0.3 is 0 Å². The van der Waals surface area contributed by atoms with Crippen LogP contribution in [0.2, 0.25) is 0 Å². The van der Waals surface area contributed by atoms with Crippen molar-refractivity contribution >= 4 is 46.5 Å². The first-order valence-corrected chi connectivity index (χ1v) is 10.2. The Morgan fingerprint density at radius 2 is 1.87 bits per heavy atom. The van der Waals surface area contributed by atoms with E-state index < -0.39 is 0 Å². The molecule has 8 heteroatoms. The Labute approximate surface area is 193 Å². The van der Waals surface area contributed by atoms with Crippen LogP contribution in [0.1, 0.15) is 19.2 Å². The number of hydrogen-bond acceptors (Lipinski definition) is 3. The monoisotopic (exact) mass is 517 g/mol. The highest BCUT2D eigenvalue weighted by molar-refractivity contribution is 14.0. The number of nitrogens with zero attached hydrogens (tertiary/aromatic N) is 5. The molecule has 158 valence electrons. The zero-order chi connectivity index (χ0) is 19.9. The van der Waals surface area contributed by atoms with Crippen LogP contribution in [0, 0.1) is 0 Å². The molecule has 3 aromatic heterocycles. The highest BCUT2D eigenvalue weighted by atomic mass is 127. The number of hydrogen-bond donors (Lipinski definition) is 2. The van der Waals surface area contributed by atoms with Crippen molar-refractivity contribution in [1.29, 1.82) is 0 Å². The Hall–Kier alpha value is -2.62. The fourth-order valence-electron chi connectivity index (χ4n) is 3.46. The minimum atomic E-state index is 0. The zero-order valence-corrected chi connectivity index (χ0v) is 19.5. The van der Waals surface area contributed by atoms with Gasteiger partial charge in [0.25, 0.3) is 0 Å². The molecular weight excluding hydrogens is 489 g/mol. The van der Waals surface area contributed by atoms with Crippen molar-refractivity contribution < 1.29 is 0 Å². The second-order valence-electron chi connectivity index (χ2n) is 6.90. The second kappa shape index (κ2) is 11.0. The van der Waals surface area contributed by atoms with E-state index in [4.69, 9.17) is 4.99 Å². The third-order valence-electron chi connectivity index (χ3n) is 4.88. The zero-order valence-electron chi connectivity index (χ0n) is 17.2. The van der Waals surface area contributed by atoms with E-state index in [2.05, 4.69) is 68.9 Å². The molecule has 0 fully saturated rings. The molecule has 0 amide bonds. The van der Waals surface area contributed by atoms with Gasteiger partial charge in [0.1, 0.15) is 5.82 Å². The molecule has 0 saturated heterocycles. The third kappa shape index (κ3) is 5.29. The molecule has 0 spiro atoms. The maximum absolute atomic E-state index is 4.71. The molecule has 0 bridgehead atoms. The van der Waals surface area contributed by atoms with Crippen molar-refractivity contribution in [3.05, 3.63) is 66.7 Å². The van der Waals surface area contributed by atoms with E-state index in [1.165, 1.54) is 10.9 Å². The van der Waals surface area contributed by atoms with Crippen LogP contribution < -0.4 is 10.6 Å². The van der Waals surface area contributed by atoms with E-state index in [-0.39, 0.29) is 24.0 Å². The van der Waals surface area contributed by atoms with E-state index in [1.807, 2.05) is 28.8 Å². The van der Waals surface area contributed by atoms with Crippen LogP contribution in [0.5, 0.6) is 0 Å². The van der Waals surface area contributed by atoms with Crippen LogP contribution in [-0.4, -0.2) is 44.8 Å². The lowest BCUT2D eigenvalue weighted by Crippen LogP contribution is -2.38. The van der Waals surface area contributed by atoms with E-state index >= 15 is 0 Å². The number of aliphatic imine (C=N–C) groups is 1. The number of pyridine rings is 1. The molecule has 7 nitrogen and oxygen atoms in total. The lowest BCUT2D eigenvalue weighted by molar-refractivity contribution is 0.665. The van der Waals surface area contributed by atoms with Crippen LogP contribution >= 0.6 is 24.0 Å². The minimum Gasteiger partial charge on any atom is -0.357 e. The molecule has 0 radical (unpaired) electrons. The number of rotatable bonds is 8. The number of para-hydroxylation sites is 1. The van der Waals surface area contributed by atoms with Crippen molar-refractivity contribution in [3.8, 4) is 0 Å². The highest BCUT2D eigenvalue weighted by Crippen LogP contribution is 2.15. The molecule has 0 aliphatic carbocycles. The van der Waals surface area contributed by atoms with Crippen molar-refractivity contribution in [2.75, 3.05) is 19.6 Å². The van der Waals surface area contributed by atoms with Crippen LogP contribution in [0.4, 0.5) is 0 Å². The first-order valence-electron chi connectivity index (χ1n) is 10.2.